The lowest BCUT2D eigenvalue weighted by Crippen LogP contribution is -2.36. The number of ketones is 1. The van der Waals surface area contributed by atoms with Crippen molar-refractivity contribution in [1.29, 1.82) is 0 Å². The first-order valence-electron chi connectivity index (χ1n) is 10.3. The second-order valence-corrected chi connectivity index (χ2v) is 9.28. The molecule has 0 fully saturated rings. The minimum atomic E-state index is -0.376. The van der Waals surface area contributed by atoms with Gasteiger partial charge in [-0.25, -0.2) is 4.68 Å². The zero-order valence-electron chi connectivity index (χ0n) is 17.4. The number of ether oxygens (including phenoxy) is 1. The molecule has 2 heterocycles. The van der Waals surface area contributed by atoms with Crippen LogP contribution in [0.2, 0.25) is 5.02 Å². The SMILES string of the molecule is CC1(C)CC(=O)C2=C(C1)Nc1ncnn1C2c1ccccc1OCc1ccc(Cl)cc1. The third-order valence-electron chi connectivity index (χ3n) is 5.79. The van der Waals surface area contributed by atoms with Gasteiger partial charge in [0.15, 0.2) is 5.78 Å². The molecule has 2 aromatic carbocycles. The van der Waals surface area contributed by atoms with Gasteiger partial charge in [-0.3, -0.25) is 4.79 Å². The van der Waals surface area contributed by atoms with Crippen LogP contribution in [-0.4, -0.2) is 20.5 Å². The number of allylic oxidation sites excluding steroid dienone is 2. The molecule has 1 aliphatic carbocycles. The molecule has 0 saturated carbocycles. The first-order chi connectivity index (χ1) is 14.9. The van der Waals surface area contributed by atoms with Crippen molar-refractivity contribution in [2.45, 2.75) is 39.3 Å². The number of nitrogens with one attached hydrogen (secondary N) is 1. The topological polar surface area (TPSA) is 69.0 Å². The number of carbonyl (C=O) groups excluding carboxylic acids is 1. The number of halogens is 1. The molecule has 0 spiro atoms. The van der Waals surface area contributed by atoms with Crippen LogP contribution in [0.25, 0.3) is 0 Å². The summed E-state index contributed by atoms with van der Waals surface area (Å²) in [5.41, 5.74) is 3.49. The molecule has 2 aliphatic rings. The Labute approximate surface area is 185 Å². The number of aromatic nitrogens is 3. The van der Waals surface area contributed by atoms with E-state index in [1.807, 2.05) is 48.5 Å². The first kappa shape index (κ1) is 19.8. The second-order valence-electron chi connectivity index (χ2n) is 8.84. The van der Waals surface area contributed by atoms with Crippen molar-refractivity contribution in [2.24, 2.45) is 5.41 Å². The van der Waals surface area contributed by atoms with Gasteiger partial charge in [-0.2, -0.15) is 10.1 Å². The fourth-order valence-electron chi connectivity index (χ4n) is 4.42. The highest BCUT2D eigenvalue weighted by atomic mass is 35.5. The van der Waals surface area contributed by atoms with Crippen LogP contribution in [0.15, 0.2) is 66.1 Å². The van der Waals surface area contributed by atoms with Crippen LogP contribution in [0.4, 0.5) is 5.95 Å². The average molecular weight is 435 g/mol. The molecule has 31 heavy (non-hydrogen) atoms. The molecule has 1 aliphatic heterocycles. The van der Waals surface area contributed by atoms with Gasteiger partial charge in [0.05, 0.1) is 0 Å². The molecule has 0 amide bonds. The molecule has 1 aromatic heterocycles. The van der Waals surface area contributed by atoms with Crippen molar-refractivity contribution in [3.8, 4) is 5.75 Å². The predicted octanol–water partition coefficient (Wildman–Crippen LogP) is 5.17. The lowest BCUT2D eigenvalue weighted by Gasteiger charge is -2.38. The molecule has 0 radical (unpaired) electrons. The molecule has 1 N–H and O–H groups in total. The van der Waals surface area contributed by atoms with E-state index in [-0.39, 0.29) is 17.2 Å². The van der Waals surface area contributed by atoms with Crippen molar-refractivity contribution in [3.63, 3.8) is 0 Å². The number of nitrogens with zero attached hydrogens (tertiary/aromatic N) is 3. The van der Waals surface area contributed by atoms with Crippen LogP contribution in [0.3, 0.4) is 0 Å². The van der Waals surface area contributed by atoms with Crippen molar-refractivity contribution in [1.82, 2.24) is 14.8 Å². The predicted molar refractivity (Wildman–Crippen MR) is 119 cm³/mol. The number of hydrogen-bond acceptors (Lipinski definition) is 5. The van der Waals surface area contributed by atoms with Crippen molar-refractivity contribution in [3.05, 3.63) is 82.3 Å². The quantitative estimate of drug-likeness (QED) is 0.613. The van der Waals surface area contributed by atoms with Crippen LogP contribution in [-0.2, 0) is 11.4 Å². The third-order valence-corrected chi connectivity index (χ3v) is 6.05. The standard InChI is InChI=1S/C24H23ClN4O2/c1-24(2)11-18-21(19(30)12-24)22(29-23(28-18)26-14-27-29)17-5-3-4-6-20(17)31-13-15-7-9-16(25)10-8-15/h3-10,14,22H,11-13H2,1-2H3,(H,26,27,28). The fraction of sp³-hybridized carbons (Fsp3) is 0.292. The van der Waals surface area contributed by atoms with Crippen LogP contribution in [0.5, 0.6) is 5.75 Å². The maximum atomic E-state index is 13.3. The molecular formula is C24H23ClN4O2. The lowest BCUT2D eigenvalue weighted by molar-refractivity contribution is -0.118. The number of benzene rings is 2. The molecule has 5 rings (SSSR count). The van der Waals surface area contributed by atoms with Gasteiger partial charge in [0, 0.05) is 28.3 Å². The van der Waals surface area contributed by atoms with Crippen LogP contribution in [0.1, 0.15) is 43.9 Å². The first-order valence-corrected chi connectivity index (χ1v) is 10.7. The number of hydrogen-bond donors (Lipinski definition) is 1. The van der Waals surface area contributed by atoms with Gasteiger partial charge in [-0.1, -0.05) is 55.8 Å². The molecule has 0 saturated heterocycles. The highest BCUT2D eigenvalue weighted by Gasteiger charge is 2.42. The van der Waals surface area contributed by atoms with E-state index in [9.17, 15) is 4.79 Å². The van der Waals surface area contributed by atoms with E-state index in [0.717, 1.165) is 34.6 Å². The van der Waals surface area contributed by atoms with Gasteiger partial charge in [0.25, 0.3) is 0 Å². The summed E-state index contributed by atoms with van der Waals surface area (Å²) in [4.78, 5) is 17.6. The number of fused-ring (bicyclic) bond motifs is 1. The Hall–Kier alpha value is -3.12. The van der Waals surface area contributed by atoms with Gasteiger partial charge in [-0.15, -0.1) is 0 Å². The summed E-state index contributed by atoms with van der Waals surface area (Å²) < 4.78 is 7.98. The van der Waals surface area contributed by atoms with E-state index >= 15 is 0 Å². The maximum Gasteiger partial charge on any atom is 0.226 e. The van der Waals surface area contributed by atoms with E-state index in [2.05, 4.69) is 29.2 Å². The van der Waals surface area contributed by atoms with E-state index in [1.165, 1.54) is 6.33 Å². The molecule has 6 nitrogen and oxygen atoms in total. The van der Waals surface area contributed by atoms with Gasteiger partial charge >= 0.3 is 0 Å². The highest BCUT2D eigenvalue weighted by Crippen LogP contribution is 2.46. The summed E-state index contributed by atoms with van der Waals surface area (Å²) in [6.45, 7) is 4.64. The second kappa shape index (κ2) is 7.54. The van der Waals surface area contributed by atoms with Gasteiger partial charge in [0.1, 0.15) is 24.7 Å². The fourth-order valence-corrected chi connectivity index (χ4v) is 4.54. The van der Waals surface area contributed by atoms with Gasteiger partial charge < -0.3 is 10.1 Å². The molecule has 1 atom stereocenters. The van der Waals surface area contributed by atoms with E-state index < -0.39 is 0 Å². The normalized spacial score (nSPS) is 19.5. The number of Topliss-reactive ketones (excluding diaryl/α,β-unsaturated/α-hetero) is 1. The molecule has 1 unspecified atom stereocenters. The third kappa shape index (κ3) is 3.72. The summed E-state index contributed by atoms with van der Waals surface area (Å²) in [5.74, 6) is 1.49. The summed E-state index contributed by atoms with van der Waals surface area (Å²) in [6.07, 6.45) is 2.80. The maximum absolute atomic E-state index is 13.3. The molecule has 158 valence electrons. The largest absolute Gasteiger partial charge is 0.489 e. The number of para-hydroxylation sites is 1. The zero-order chi connectivity index (χ0) is 21.6. The van der Waals surface area contributed by atoms with Crippen LogP contribution >= 0.6 is 11.6 Å². The monoisotopic (exact) mass is 434 g/mol. The smallest absolute Gasteiger partial charge is 0.226 e. The minimum absolute atomic E-state index is 0.0970. The zero-order valence-corrected chi connectivity index (χ0v) is 18.2. The molecule has 3 aromatic rings. The Balaban J connectivity index is 1.55. The van der Waals surface area contributed by atoms with Crippen molar-refractivity contribution < 1.29 is 9.53 Å². The van der Waals surface area contributed by atoms with Gasteiger partial charge in [0.2, 0.25) is 5.95 Å². The Kier molecular flexibility index (Phi) is 4.82. The highest BCUT2D eigenvalue weighted by molar-refractivity contribution is 6.30. The molecular weight excluding hydrogens is 412 g/mol. The molecule has 0 bridgehead atoms. The van der Waals surface area contributed by atoms with E-state index in [4.69, 9.17) is 16.3 Å². The number of carbonyl (C=O) groups is 1. The van der Waals surface area contributed by atoms with Gasteiger partial charge in [-0.05, 0) is 35.6 Å². The lowest BCUT2D eigenvalue weighted by atomic mass is 9.73. The van der Waals surface area contributed by atoms with E-state index in [1.54, 1.807) is 4.68 Å². The van der Waals surface area contributed by atoms with Crippen LogP contribution < -0.4 is 10.1 Å². The summed E-state index contributed by atoms with van der Waals surface area (Å²) in [5, 5.41) is 8.46. The Morgan fingerprint density at radius 2 is 1.94 bits per heavy atom. The number of rotatable bonds is 4. The minimum Gasteiger partial charge on any atom is -0.489 e. The summed E-state index contributed by atoms with van der Waals surface area (Å²) in [7, 11) is 0. The Bertz CT molecular complexity index is 1180. The number of anilines is 1. The van der Waals surface area contributed by atoms with Crippen molar-refractivity contribution in [2.75, 3.05) is 5.32 Å². The summed E-state index contributed by atoms with van der Waals surface area (Å²) in [6, 6.07) is 15.0. The van der Waals surface area contributed by atoms with E-state index in [0.29, 0.717) is 24.0 Å². The molecule has 7 heteroatoms. The summed E-state index contributed by atoms with van der Waals surface area (Å²) >= 11 is 5.99. The van der Waals surface area contributed by atoms with Crippen molar-refractivity contribution >= 4 is 23.3 Å². The van der Waals surface area contributed by atoms with Crippen LogP contribution in [0, 0.1) is 5.41 Å². The Morgan fingerprint density at radius 1 is 1.16 bits per heavy atom. The average Bonchev–Trinajstić information content (AvgIpc) is 3.19. The Morgan fingerprint density at radius 3 is 2.74 bits per heavy atom.